The number of hydrogen-bond acceptors (Lipinski definition) is 4. The fourth-order valence-corrected chi connectivity index (χ4v) is 2.97. The van der Waals surface area contributed by atoms with Gasteiger partial charge < -0.3 is 14.5 Å². The first-order valence-electron chi connectivity index (χ1n) is 8.65. The molecule has 0 bridgehead atoms. The first-order chi connectivity index (χ1) is 12.9. The highest BCUT2D eigenvalue weighted by atomic mass is 19.1. The summed E-state index contributed by atoms with van der Waals surface area (Å²) in [7, 11) is 0. The molecule has 1 fully saturated rings. The third-order valence-electron chi connectivity index (χ3n) is 4.51. The van der Waals surface area contributed by atoms with E-state index in [1.54, 1.807) is 17.0 Å². The van der Waals surface area contributed by atoms with Gasteiger partial charge in [-0.1, -0.05) is 0 Å². The van der Waals surface area contributed by atoms with Crippen molar-refractivity contribution in [3.8, 4) is 5.75 Å². The minimum absolute atomic E-state index is 0.00871. The van der Waals surface area contributed by atoms with Gasteiger partial charge in [-0.25, -0.2) is 8.78 Å². The maximum Gasteiger partial charge on any atom is 0.260 e. The molecule has 1 heterocycles. The molecule has 27 heavy (non-hydrogen) atoms. The molecule has 7 heteroatoms. The van der Waals surface area contributed by atoms with E-state index in [0.717, 1.165) is 11.8 Å². The van der Waals surface area contributed by atoms with E-state index in [0.29, 0.717) is 26.2 Å². The Morgan fingerprint density at radius 1 is 1.00 bits per heavy atom. The summed E-state index contributed by atoms with van der Waals surface area (Å²) in [6.45, 7) is 3.41. The number of benzene rings is 2. The smallest absolute Gasteiger partial charge is 0.260 e. The van der Waals surface area contributed by atoms with E-state index >= 15 is 0 Å². The van der Waals surface area contributed by atoms with E-state index in [-0.39, 0.29) is 35.4 Å². The van der Waals surface area contributed by atoms with Crippen molar-refractivity contribution >= 4 is 17.4 Å². The van der Waals surface area contributed by atoms with Crippen molar-refractivity contribution < 1.29 is 23.1 Å². The van der Waals surface area contributed by atoms with Crippen LogP contribution >= 0.6 is 0 Å². The van der Waals surface area contributed by atoms with Crippen molar-refractivity contribution in [1.82, 2.24) is 4.90 Å². The number of anilines is 1. The molecule has 1 saturated heterocycles. The maximum atomic E-state index is 13.8. The van der Waals surface area contributed by atoms with Crippen LogP contribution in [0.5, 0.6) is 5.75 Å². The van der Waals surface area contributed by atoms with E-state index in [9.17, 15) is 18.4 Å². The van der Waals surface area contributed by atoms with Crippen molar-refractivity contribution in [1.29, 1.82) is 0 Å². The molecule has 1 aliphatic rings. The molecule has 1 aliphatic heterocycles. The Hall–Kier alpha value is -2.96. The zero-order valence-corrected chi connectivity index (χ0v) is 15.0. The van der Waals surface area contributed by atoms with Gasteiger partial charge in [-0.3, -0.25) is 9.59 Å². The van der Waals surface area contributed by atoms with Crippen LogP contribution in [0, 0.1) is 11.6 Å². The van der Waals surface area contributed by atoms with Crippen molar-refractivity contribution in [2.24, 2.45) is 0 Å². The first-order valence-corrected chi connectivity index (χ1v) is 8.65. The molecule has 0 aromatic heterocycles. The molecule has 0 atom stereocenters. The summed E-state index contributed by atoms with van der Waals surface area (Å²) in [5.41, 5.74) is 0.909. The van der Waals surface area contributed by atoms with Gasteiger partial charge >= 0.3 is 0 Å². The summed E-state index contributed by atoms with van der Waals surface area (Å²) in [6, 6.07) is 10.2. The lowest BCUT2D eigenvalue weighted by Crippen LogP contribution is -2.50. The van der Waals surface area contributed by atoms with Crippen molar-refractivity contribution in [2.75, 3.05) is 37.7 Å². The molecule has 0 radical (unpaired) electrons. The largest absolute Gasteiger partial charge is 0.484 e. The Morgan fingerprint density at radius 3 is 2.26 bits per heavy atom. The van der Waals surface area contributed by atoms with Gasteiger partial charge in [0.1, 0.15) is 17.4 Å². The number of nitrogens with zero attached hydrogens (tertiary/aromatic N) is 2. The van der Waals surface area contributed by atoms with E-state index in [1.165, 1.54) is 31.2 Å². The molecule has 0 spiro atoms. The summed E-state index contributed by atoms with van der Waals surface area (Å²) in [6.07, 6.45) is 0. The van der Waals surface area contributed by atoms with Gasteiger partial charge in [0, 0.05) is 37.9 Å². The highest BCUT2D eigenvalue weighted by Gasteiger charge is 2.21. The van der Waals surface area contributed by atoms with Gasteiger partial charge in [0.2, 0.25) is 0 Å². The van der Waals surface area contributed by atoms with Gasteiger partial charge in [-0.2, -0.15) is 0 Å². The number of carbonyl (C=O) groups is 2. The van der Waals surface area contributed by atoms with Crippen LogP contribution in [0.15, 0.2) is 42.5 Å². The predicted octanol–water partition coefficient (Wildman–Crippen LogP) is 2.90. The SMILES string of the molecule is CC(=O)c1ccc(OCC(=O)N2CCN(c3ccc(F)cc3)CC2)cc1F. The molecule has 142 valence electrons. The van der Waals surface area contributed by atoms with Crippen LogP contribution in [0.2, 0.25) is 0 Å². The molecule has 2 aromatic rings. The average Bonchev–Trinajstić information content (AvgIpc) is 2.66. The number of amides is 1. The minimum Gasteiger partial charge on any atom is -0.484 e. The van der Waals surface area contributed by atoms with Gasteiger partial charge in [-0.05, 0) is 43.3 Å². The number of halogens is 2. The molecular formula is C20H20F2N2O3. The van der Waals surface area contributed by atoms with Crippen LogP contribution in [0.1, 0.15) is 17.3 Å². The molecule has 1 amide bonds. The Balaban J connectivity index is 1.50. The topological polar surface area (TPSA) is 49.9 Å². The lowest BCUT2D eigenvalue weighted by atomic mass is 10.1. The molecule has 5 nitrogen and oxygen atoms in total. The van der Waals surface area contributed by atoms with Crippen LogP contribution in [0.25, 0.3) is 0 Å². The van der Waals surface area contributed by atoms with Crippen LogP contribution in [0.3, 0.4) is 0 Å². The molecule has 0 N–H and O–H groups in total. The number of carbonyl (C=O) groups excluding carboxylic acids is 2. The highest BCUT2D eigenvalue weighted by Crippen LogP contribution is 2.19. The lowest BCUT2D eigenvalue weighted by molar-refractivity contribution is -0.133. The fraction of sp³-hybridized carbons (Fsp3) is 0.300. The zero-order valence-electron chi connectivity index (χ0n) is 15.0. The Kier molecular flexibility index (Phi) is 5.69. The third-order valence-corrected chi connectivity index (χ3v) is 4.51. The van der Waals surface area contributed by atoms with Crippen LogP contribution in [-0.2, 0) is 4.79 Å². The zero-order chi connectivity index (χ0) is 19.4. The summed E-state index contributed by atoms with van der Waals surface area (Å²) < 4.78 is 32.2. The first kappa shape index (κ1) is 18.8. The van der Waals surface area contributed by atoms with Gasteiger partial charge in [-0.15, -0.1) is 0 Å². The lowest BCUT2D eigenvalue weighted by Gasteiger charge is -2.36. The maximum absolute atomic E-state index is 13.8. The predicted molar refractivity (Wildman–Crippen MR) is 97.1 cm³/mol. The summed E-state index contributed by atoms with van der Waals surface area (Å²) in [5.74, 6) is -1.30. The fourth-order valence-electron chi connectivity index (χ4n) is 2.97. The summed E-state index contributed by atoms with van der Waals surface area (Å²) >= 11 is 0. The van der Waals surface area contributed by atoms with E-state index < -0.39 is 5.82 Å². The normalized spacial score (nSPS) is 14.2. The van der Waals surface area contributed by atoms with E-state index in [2.05, 4.69) is 4.90 Å². The van der Waals surface area contributed by atoms with Gasteiger partial charge in [0.05, 0.1) is 5.56 Å². The standard InChI is InChI=1S/C20H20F2N2O3/c1-14(25)18-7-6-17(12-19(18)22)27-13-20(26)24-10-8-23(9-11-24)16-4-2-15(21)3-5-16/h2-7,12H,8-11,13H2,1H3. The molecule has 3 rings (SSSR count). The second-order valence-electron chi connectivity index (χ2n) is 6.33. The molecule has 0 unspecified atom stereocenters. The van der Waals surface area contributed by atoms with Crippen molar-refractivity contribution in [3.05, 3.63) is 59.7 Å². The third kappa shape index (κ3) is 4.61. The number of Topliss-reactive ketones (excluding diaryl/α,β-unsaturated/α-hetero) is 1. The number of ether oxygens (including phenoxy) is 1. The van der Waals surface area contributed by atoms with Gasteiger partial charge in [0.25, 0.3) is 5.91 Å². The molecule has 2 aromatic carbocycles. The molecular weight excluding hydrogens is 354 g/mol. The second kappa shape index (κ2) is 8.16. The number of ketones is 1. The average molecular weight is 374 g/mol. The number of rotatable bonds is 5. The van der Waals surface area contributed by atoms with Crippen LogP contribution in [0.4, 0.5) is 14.5 Å². The Bertz CT molecular complexity index is 832. The van der Waals surface area contributed by atoms with Crippen LogP contribution in [-0.4, -0.2) is 49.4 Å². The van der Waals surface area contributed by atoms with E-state index in [4.69, 9.17) is 4.74 Å². The number of hydrogen-bond donors (Lipinski definition) is 0. The summed E-state index contributed by atoms with van der Waals surface area (Å²) in [5, 5.41) is 0. The molecule has 0 saturated carbocycles. The van der Waals surface area contributed by atoms with Crippen molar-refractivity contribution in [2.45, 2.75) is 6.92 Å². The Morgan fingerprint density at radius 2 is 1.67 bits per heavy atom. The summed E-state index contributed by atoms with van der Waals surface area (Å²) in [4.78, 5) is 27.3. The van der Waals surface area contributed by atoms with Gasteiger partial charge in [0.15, 0.2) is 12.4 Å². The quantitative estimate of drug-likeness (QED) is 0.755. The van der Waals surface area contributed by atoms with E-state index in [1.807, 2.05) is 0 Å². The monoisotopic (exact) mass is 374 g/mol. The van der Waals surface area contributed by atoms with Crippen molar-refractivity contribution in [3.63, 3.8) is 0 Å². The molecule has 0 aliphatic carbocycles. The minimum atomic E-state index is -0.666. The second-order valence-corrected chi connectivity index (χ2v) is 6.33. The Labute approximate surface area is 156 Å². The highest BCUT2D eigenvalue weighted by molar-refractivity contribution is 5.94. The number of piperazine rings is 1. The van der Waals surface area contributed by atoms with Crippen LogP contribution < -0.4 is 9.64 Å².